The van der Waals surface area contributed by atoms with Crippen LogP contribution in [-0.2, 0) is 6.42 Å². The number of anilines is 3. The van der Waals surface area contributed by atoms with Gasteiger partial charge in [0.1, 0.15) is 11.2 Å². The Labute approximate surface area is 309 Å². The highest BCUT2D eigenvalue weighted by Crippen LogP contribution is 2.43. The second-order valence-corrected chi connectivity index (χ2v) is 13.3. The van der Waals surface area contributed by atoms with Crippen LogP contribution in [0.25, 0.3) is 65.7 Å². The highest BCUT2D eigenvalue weighted by atomic mass is 16.3. The Kier molecular flexibility index (Phi) is 8.47. The molecular weight excluding hydrogens is 643 g/mol. The van der Waals surface area contributed by atoms with Crippen molar-refractivity contribution in [2.75, 3.05) is 4.90 Å². The number of hydrogen-bond donors (Lipinski definition) is 0. The second kappa shape index (κ2) is 14.0. The highest BCUT2D eigenvalue weighted by Gasteiger charge is 2.19. The number of furan rings is 1. The van der Waals surface area contributed by atoms with Crippen LogP contribution in [0.15, 0.2) is 211 Å². The fourth-order valence-corrected chi connectivity index (χ4v) is 7.57. The van der Waals surface area contributed by atoms with E-state index < -0.39 is 0 Å². The summed E-state index contributed by atoms with van der Waals surface area (Å²) >= 11 is 0. The SMILES string of the molecule is C=C/C=C\C=C/Cc1cc(-c2ccc3ccc4oc5ccccc5c4c3c2)ccc1N(c1ccccc1)c1cc(-c2ccccc2)c2ccccc2c1. The van der Waals surface area contributed by atoms with Crippen molar-refractivity contribution < 1.29 is 4.42 Å². The maximum atomic E-state index is 6.26. The van der Waals surface area contributed by atoms with Crippen LogP contribution >= 0.6 is 0 Å². The smallest absolute Gasteiger partial charge is 0.136 e. The van der Waals surface area contributed by atoms with Gasteiger partial charge >= 0.3 is 0 Å². The Balaban J connectivity index is 1.24. The van der Waals surface area contributed by atoms with E-state index in [9.17, 15) is 0 Å². The number of para-hydroxylation sites is 2. The highest BCUT2D eigenvalue weighted by molar-refractivity contribution is 6.19. The first-order valence-corrected chi connectivity index (χ1v) is 18.1. The molecule has 0 bridgehead atoms. The van der Waals surface area contributed by atoms with Crippen LogP contribution in [0, 0.1) is 0 Å². The molecule has 252 valence electrons. The number of hydrogen-bond acceptors (Lipinski definition) is 2. The molecule has 9 aromatic rings. The summed E-state index contributed by atoms with van der Waals surface area (Å²) in [5.74, 6) is 0. The van der Waals surface area contributed by atoms with Gasteiger partial charge in [0.15, 0.2) is 0 Å². The van der Waals surface area contributed by atoms with Gasteiger partial charge in [-0.1, -0.05) is 152 Å². The molecule has 0 fully saturated rings. The van der Waals surface area contributed by atoms with E-state index in [2.05, 4.69) is 181 Å². The molecule has 2 heteroatoms. The van der Waals surface area contributed by atoms with Crippen molar-refractivity contribution in [3.8, 4) is 22.3 Å². The molecule has 0 unspecified atom stereocenters. The Morgan fingerprint density at radius 2 is 1.21 bits per heavy atom. The number of allylic oxidation sites excluding steroid dienone is 5. The summed E-state index contributed by atoms with van der Waals surface area (Å²) < 4.78 is 6.26. The lowest BCUT2D eigenvalue weighted by atomic mass is 9.94. The van der Waals surface area contributed by atoms with Gasteiger partial charge in [0, 0.05) is 27.8 Å². The van der Waals surface area contributed by atoms with Gasteiger partial charge in [0.05, 0.1) is 0 Å². The Morgan fingerprint density at radius 3 is 2.06 bits per heavy atom. The molecule has 1 heterocycles. The maximum Gasteiger partial charge on any atom is 0.136 e. The van der Waals surface area contributed by atoms with Gasteiger partial charge in [-0.25, -0.2) is 0 Å². The molecule has 0 saturated heterocycles. The second-order valence-electron chi connectivity index (χ2n) is 13.3. The molecule has 0 spiro atoms. The Bertz CT molecular complexity index is 2820. The van der Waals surface area contributed by atoms with Crippen molar-refractivity contribution in [3.05, 3.63) is 212 Å². The topological polar surface area (TPSA) is 16.4 Å². The molecule has 53 heavy (non-hydrogen) atoms. The van der Waals surface area contributed by atoms with E-state index in [0.29, 0.717) is 0 Å². The number of nitrogens with zero attached hydrogens (tertiary/aromatic N) is 1. The van der Waals surface area contributed by atoms with Crippen molar-refractivity contribution in [1.82, 2.24) is 0 Å². The average molecular weight is 680 g/mol. The van der Waals surface area contributed by atoms with Crippen LogP contribution in [0.3, 0.4) is 0 Å². The molecule has 0 aliphatic rings. The summed E-state index contributed by atoms with van der Waals surface area (Å²) in [6.45, 7) is 3.84. The molecule has 0 amide bonds. The molecule has 0 N–H and O–H groups in total. The molecule has 1 aromatic heterocycles. The Hall–Kier alpha value is -6.90. The first kappa shape index (κ1) is 32.0. The average Bonchev–Trinajstić information content (AvgIpc) is 3.61. The summed E-state index contributed by atoms with van der Waals surface area (Å²) in [6, 6.07) is 61.0. The van der Waals surface area contributed by atoms with E-state index in [1.165, 1.54) is 49.4 Å². The summed E-state index contributed by atoms with van der Waals surface area (Å²) in [7, 11) is 0. The zero-order valence-corrected chi connectivity index (χ0v) is 29.3. The molecule has 2 nitrogen and oxygen atoms in total. The van der Waals surface area contributed by atoms with Crippen LogP contribution in [0.1, 0.15) is 5.56 Å². The molecule has 0 saturated carbocycles. The maximum absolute atomic E-state index is 6.26. The fourth-order valence-electron chi connectivity index (χ4n) is 7.57. The van der Waals surface area contributed by atoms with Crippen molar-refractivity contribution in [2.45, 2.75) is 6.42 Å². The van der Waals surface area contributed by atoms with E-state index in [0.717, 1.165) is 45.4 Å². The lowest BCUT2D eigenvalue weighted by Gasteiger charge is -2.29. The molecule has 0 aliphatic carbocycles. The third kappa shape index (κ3) is 6.11. The number of rotatable bonds is 9. The van der Waals surface area contributed by atoms with Gasteiger partial charge in [-0.05, 0) is 110 Å². The molecule has 9 rings (SSSR count). The van der Waals surface area contributed by atoms with Gasteiger partial charge in [-0.2, -0.15) is 0 Å². The van der Waals surface area contributed by atoms with E-state index >= 15 is 0 Å². The van der Waals surface area contributed by atoms with Crippen LogP contribution in [-0.4, -0.2) is 0 Å². The fraction of sp³-hybridized carbons (Fsp3) is 0.0196. The minimum Gasteiger partial charge on any atom is -0.456 e. The van der Waals surface area contributed by atoms with Crippen LogP contribution < -0.4 is 4.90 Å². The van der Waals surface area contributed by atoms with Gasteiger partial charge in [-0.15, -0.1) is 0 Å². The van der Waals surface area contributed by atoms with E-state index in [4.69, 9.17) is 4.42 Å². The standard InChI is InChI=1S/C51H37NO/c1-2-3-4-5-8-20-41-32-38(39-27-26-37-29-31-50-51(47(37)34-39)45-24-15-16-25-49(45)53-50)28-30-48(41)52(42-21-11-7-12-22-42)43-33-40-19-13-14-23-44(40)46(35-43)36-17-9-6-10-18-36/h2-19,21-35H,1,20H2/b4-3-,8-5-. The van der Waals surface area contributed by atoms with Crippen molar-refractivity contribution in [3.63, 3.8) is 0 Å². The third-order valence-corrected chi connectivity index (χ3v) is 10.0. The predicted molar refractivity (Wildman–Crippen MR) is 226 cm³/mol. The summed E-state index contributed by atoms with van der Waals surface area (Å²) in [5, 5.41) is 7.13. The van der Waals surface area contributed by atoms with E-state index in [1.807, 2.05) is 24.3 Å². The molecule has 0 radical (unpaired) electrons. The molecule has 0 atom stereocenters. The first-order valence-electron chi connectivity index (χ1n) is 18.1. The van der Waals surface area contributed by atoms with E-state index in [-0.39, 0.29) is 0 Å². The number of benzene rings is 8. The molecular formula is C51H37NO. The number of fused-ring (bicyclic) bond motifs is 6. The van der Waals surface area contributed by atoms with Gasteiger partial charge < -0.3 is 9.32 Å². The predicted octanol–water partition coefficient (Wildman–Crippen LogP) is 14.5. The zero-order valence-electron chi connectivity index (χ0n) is 29.3. The minimum atomic E-state index is 0.747. The van der Waals surface area contributed by atoms with Crippen molar-refractivity contribution in [2.24, 2.45) is 0 Å². The van der Waals surface area contributed by atoms with Crippen LogP contribution in [0.4, 0.5) is 17.1 Å². The van der Waals surface area contributed by atoms with Gasteiger partial charge in [-0.3, -0.25) is 0 Å². The van der Waals surface area contributed by atoms with Crippen LogP contribution in [0.2, 0.25) is 0 Å². The van der Waals surface area contributed by atoms with Gasteiger partial charge in [0.25, 0.3) is 0 Å². The lowest BCUT2D eigenvalue weighted by molar-refractivity contribution is 0.669. The normalized spacial score (nSPS) is 11.8. The quantitative estimate of drug-likeness (QED) is 0.141. The Morgan fingerprint density at radius 1 is 0.491 bits per heavy atom. The first-order chi connectivity index (χ1) is 26.2. The third-order valence-electron chi connectivity index (χ3n) is 10.0. The summed E-state index contributed by atoms with van der Waals surface area (Å²) in [5.41, 5.74) is 11.1. The summed E-state index contributed by atoms with van der Waals surface area (Å²) in [6.07, 6.45) is 10.9. The lowest BCUT2D eigenvalue weighted by Crippen LogP contribution is -2.12. The summed E-state index contributed by atoms with van der Waals surface area (Å²) in [4.78, 5) is 2.41. The monoisotopic (exact) mass is 679 g/mol. The van der Waals surface area contributed by atoms with Gasteiger partial charge in [0.2, 0.25) is 0 Å². The van der Waals surface area contributed by atoms with E-state index in [1.54, 1.807) is 6.08 Å². The zero-order chi connectivity index (χ0) is 35.6. The van der Waals surface area contributed by atoms with Crippen molar-refractivity contribution >= 4 is 60.5 Å². The molecule has 0 aliphatic heterocycles. The van der Waals surface area contributed by atoms with Crippen LogP contribution in [0.5, 0.6) is 0 Å². The van der Waals surface area contributed by atoms with Crippen molar-refractivity contribution in [1.29, 1.82) is 0 Å². The largest absolute Gasteiger partial charge is 0.456 e. The minimum absolute atomic E-state index is 0.747. The molecule has 8 aromatic carbocycles.